The second kappa shape index (κ2) is 5.05. The minimum absolute atomic E-state index is 0.0366. The molecule has 1 heterocycles. The Labute approximate surface area is 109 Å². The molecular formula is C11H12ClN5O. The first-order chi connectivity index (χ1) is 8.56. The zero-order chi connectivity index (χ0) is 13.1. The highest BCUT2D eigenvalue weighted by atomic mass is 35.5. The molecule has 6 nitrogen and oxygen atoms in total. The number of hydrogen-bond acceptors (Lipinski definition) is 4. The lowest BCUT2D eigenvalue weighted by Gasteiger charge is -2.09. The second-order valence-electron chi connectivity index (χ2n) is 3.78. The SMILES string of the molecule is Cc1cccc(Cl)c1NC(=O)Cn1cnc(N)n1. The van der Waals surface area contributed by atoms with Crippen molar-refractivity contribution in [3.05, 3.63) is 35.1 Å². The number of hydrogen-bond donors (Lipinski definition) is 2. The number of benzene rings is 1. The zero-order valence-corrected chi connectivity index (χ0v) is 10.5. The van der Waals surface area contributed by atoms with E-state index in [9.17, 15) is 4.79 Å². The summed E-state index contributed by atoms with van der Waals surface area (Å²) in [5.41, 5.74) is 6.86. The van der Waals surface area contributed by atoms with E-state index in [1.165, 1.54) is 11.0 Å². The highest BCUT2D eigenvalue weighted by molar-refractivity contribution is 6.33. The first-order valence-electron chi connectivity index (χ1n) is 5.26. The number of nitrogens with two attached hydrogens (primary N) is 1. The number of nitrogens with one attached hydrogen (secondary N) is 1. The van der Waals surface area contributed by atoms with Gasteiger partial charge in [0.1, 0.15) is 12.9 Å². The second-order valence-corrected chi connectivity index (χ2v) is 4.19. The Hall–Kier alpha value is -2.08. The van der Waals surface area contributed by atoms with E-state index in [1.807, 2.05) is 19.1 Å². The molecule has 1 amide bonds. The molecule has 0 aliphatic heterocycles. The molecule has 0 spiro atoms. The Kier molecular flexibility index (Phi) is 3.47. The van der Waals surface area contributed by atoms with Gasteiger partial charge in [0, 0.05) is 0 Å². The van der Waals surface area contributed by atoms with Gasteiger partial charge in [-0.25, -0.2) is 9.67 Å². The van der Waals surface area contributed by atoms with Crippen LogP contribution in [0.15, 0.2) is 24.5 Å². The molecule has 7 heteroatoms. The van der Waals surface area contributed by atoms with E-state index in [-0.39, 0.29) is 18.4 Å². The molecule has 3 N–H and O–H groups in total. The van der Waals surface area contributed by atoms with Crippen LogP contribution in [0.2, 0.25) is 5.02 Å². The molecular weight excluding hydrogens is 254 g/mol. The van der Waals surface area contributed by atoms with Crippen molar-refractivity contribution in [3.8, 4) is 0 Å². The van der Waals surface area contributed by atoms with Crippen molar-refractivity contribution in [1.29, 1.82) is 0 Å². The van der Waals surface area contributed by atoms with Gasteiger partial charge in [0.05, 0.1) is 10.7 Å². The third kappa shape index (κ3) is 2.78. The number of nitrogen functional groups attached to an aromatic ring is 1. The molecule has 0 radical (unpaired) electrons. The van der Waals surface area contributed by atoms with E-state index in [0.717, 1.165) is 5.56 Å². The van der Waals surface area contributed by atoms with Gasteiger partial charge in [-0.15, -0.1) is 5.10 Å². The van der Waals surface area contributed by atoms with Crippen LogP contribution >= 0.6 is 11.6 Å². The van der Waals surface area contributed by atoms with E-state index >= 15 is 0 Å². The maximum atomic E-state index is 11.8. The molecule has 0 saturated heterocycles. The number of aromatic nitrogens is 3. The molecule has 0 unspecified atom stereocenters. The average molecular weight is 266 g/mol. The van der Waals surface area contributed by atoms with Gasteiger partial charge in [-0.3, -0.25) is 4.79 Å². The molecule has 0 saturated carbocycles. The average Bonchev–Trinajstić information content (AvgIpc) is 2.69. The summed E-state index contributed by atoms with van der Waals surface area (Å²) in [7, 11) is 0. The number of aryl methyl sites for hydroxylation is 1. The zero-order valence-electron chi connectivity index (χ0n) is 9.72. The maximum Gasteiger partial charge on any atom is 0.246 e. The Morgan fingerprint density at radius 2 is 2.33 bits per heavy atom. The molecule has 0 bridgehead atoms. The van der Waals surface area contributed by atoms with Crippen molar-refractivity contribution in [3.63, 3.8) is 0 Å². The van der Waals surface area contributed by atoms with E-state index in [4.69, 9.17) is 17.3 Å². The van der Waals surface area contributed by atoms with Crippen LogP contribution in [0.3, 0.4) is 0 Å². The molecule has 94 valence electrons. The number of para-hydroxylation sites is 1. The maximum absolute atomic E-state index is 11.8. The first-order valence-corrected chi connectivity index (χ1v) is 5.64. The summed E-state index contributed by atoms with van der Waals surface area (Å²) < 4.78 is 1.36. The van der Waals surface area contributed by atoms with Gasteiger partial charge in [0.25, 0.3) is 0 Å². The van der Waals surface area contributed by atoms with Gasteiger partial charge in [0.2, 0.25) is 11.9 Å². The van der Waals surface area contributed by atoms with Crippen molar-refractivity contribution >= 4 is 29.1 Å². The molecule has 2 aromatic rings. The highest BCUT2D eigenvalue weighted by Crippen LogP contribution is 2.25. The summed E-state index contributed by atoms with van der Waals surface area (Å²) in [6.07, 6.45) is 1.40. The van der Waals surface area contributed by atoms with Gasteiger partial charge >= 0.3 is 0 Å². The lowest BCUT2D eigenvalue weighted by atomic mass is 10.2. The van der Waals surface area contributed by atoms with Gasteiger partial charge < -0.3 is 11.1 Å². The number of carbonyl (C=O) groups excluding carboxylic acids is 1. The van der Waals surface area contributed by atoms with E-state index in [2.05, 4.69) is 15.4 Å². The van der Waals surface area contributed by atoms with Crippen LogP contribution in [0.25, 0.3) is 0 Å². The quantitative estimate of drug-likeness (QED) is 0.880. The van der Waals surface area contributed by atoms with E-state index in [0.29, 0.717) is 10.7 Å². The summed E-state index contributed by atoms with van der Waals surface area (Å²) in [5, 5.41) is 7.06. The molecule has 0 aliphatic rings. The van der Waals surface area contributed by atoms with Crippen molar-refractivity contribution in [1.82, 2.24) is 14.8 Å². The topological polar surface area (TPSA) is 85.8 Å². The molecule has 1 aromatic heterocycles. The third-order valence-corrected chi connectivity index (χ3v) is 2.66. The predicted molar refractivity (Wildman–Crippen MR) is 69.3 cm³/mol. The highest BCUT2D eigenvalue weighted by Gasteiger charge is 2.09. The van der Waals surface area contributed by atoms with Gasteiger partial charge in [0.15, 0.2) is 0 Å². The summed E-state index contributed by atoms with van der Waals surface area (Å²) >= 11 is 6.01. The van der Waals surface area contributed by atoms with Crippen LogP contribution < -0.4 is 11.1 Å². The van der Waals surface area contributed by atoms with Gasteiger partial charge in [-0.05, 0) is 18.6 Å². The molecule has 0 aliphatic carbocycles. The molecule has 18 heavy (non-hydrogen) atoms. The summed E-state index contributed by atoms with van der Waals surface area (Å²) in [6, 6.07) is 5.41. The fourth-order valence-electron chi connectivity index (χ4n) is 1.50. The Bertz CT molecular complexity index is 560. The lowest BCUT2D eigenvalue weighted by Crippen LogP contribution is -2.19. The molecule has 2 rings (SSSR count). The number of anilines is 2. The van der Waals surface area contributed by atoms with Crippen LogP contribution in [0.4, 0.5) is 11.6 Å². The minimum atomic E-state index is -0.240. The van der Waals surface area contributed by atoms with E-state index in [1.54, 1.807) is 6.07 Å². The normalized spacial score (nSPS) is 10.3. The number of amides is 1. The summed E-state index contributed by atoms with van der Waals surface area (Å²) in [5.74, 6) is -0.104. The van der Waals surface area contributed by atoms with Crippen LogP contribution in [0.1, 0.15) is 5.56 Å². The smallest absolute Gasteiger partial charge is 0.246 e. The van der Waals surface area contributed by atoms with Crippen LogP contribution in [-0.2, 0) is 11.3 Å². The van der Waals surface area contributed by atoms with Crippen molar-refractivity contribution < 1.29 is 4.79 Å². The molecule has 1 aromatic carbocycles. The van der Waals surface area contributed by atoms with Crippen molar-refractivity contribution in [2.75, 3.05) is 11.1 Å². The van der Waals surface area contributed by atoms with Gasteiger partial charge in [-0.2, -0.15) is 0 Å². The molecule has 0 fully saturated rings. The van der Waals surface area contributed by atoms with Crippen molar-refractivity contribution in [2.45, 2.75) is 13.5 Å². The monoisotopic (exact) mass is 265 g/mol. The summed E-state index contributed by atoms with van der Waals surface area (Å²) in [4.78, 5) is 15.5. The van der Waals surface area contributed by atoms with Crippen LogP contribution in [0.5, 0.6) is 0 Å². The van der Waals surface area contributed by atoms with Crippen LogP contribution in [0, 0.1) is 6.92 Å². The Balaban J connectivity index is 2.08. The lowest BCUT2D eigenvalue weighted by molar-refractivity contribution is -0.116. The summed E-state index contributed by atoms with van der Waals surface area (Å²) in [6.45, 7) is 1.91. The number of carbonyl (C=O) groups is 1. The fraction of sp³-hybridized carbons (Fsp3) is 0.182. The number of rotatable bonds is 3. The van der Waals surface area contributed by atoms with E-state index < -0.39 is 0 Å². The Morgan fingerprint density at radius 1 is 1.56 bits per heavy atom. The Morgan fingerprint density at radius 3 is 2.94 bits per heavy atom. The fourth-order valence-corrected chi connectivity index (χ4v) is 1.77. The van der Waals surface area contributed by atoms with Gasteiger partial charge in [-0.1, -0.05) is 23.7 Å². The minimum Gasteiger partial charge on any atom is -0.367 e. The first kappa shape index (κ1) is 12.4. The molecule has 0 atom stereocenters. The largest absolute Gasteiger partial charge is 0.367 e. The number of halogens is 1. The third-order valence-electron chi connectivity index (χ3n) is 2.35. The standard InChI is InChI=1S/C11H12ClN5O/c1-7-3-2-4-8(12)10(7)15-9(18)5-17-6-14-11(13)16-17/h2-4,6H,5H2,1H3,(H2,13,16)(H,15,18). The number of nitrogens with zero attached hydrogens (tertiary/aromatic N) is 3. The van der Waals surface area contributed by atoms with Crippen LogP contribution in [-0.4, -0.2) is 20.7 Å². The van der Waals surface area contributed by atoms with Crippen molar-refractivity contribution in [2.24, 2.45) is 0 Å². The predicted octanol–water partition coefficient (Wildman–Crippen LogP) is 1.46.